The molecule has 2 rings (SSSR count). The van der Waals surface area contributed by atoms with Crippen molar-refractivity contribution in [3.8, 4) is 0 Å². The molecule has 2 aromatic rings. The van der Waals surface area contributed by atoms with Gasteiger partial charge in [-0.2, -0.15) is 0 Å². The van der Waals surface area contributed by atoms with Gasteiger partial charge in [0.1, 0.15) is 5.82 Å². The highest BCUT2D eigenvalue weighted by Gasteiger charge is 2.09. The Morgan fingerprint density at radius 2 is 1.71 bits per heavy atom. The largest absolute Gasteiger partial charge is 0.392 e. The van der Waals surface area contributed by atoms with Crippen LogP contribution in [0.3, 0.4) is 0 Å². The molecule has 3 heteroatoms. The normalized spacial score (nSPS) is 12.6. The lowest BCUT2D eigenvalue weighted by molar-refractivity contribution is 0.200. The highest BCUT2D eigenvalue weighted by Crippen LogP contribution is 2.23. The lowest BCUT2D eigenvalue weighted by Crippen LogP contribution is -2.13. The predicted molar refractivity (Wildman–Crippen MR) is 87.4 cm³/mol. The SMILES string of the molecule is CC(C)c1ccc(CC(O)CSc2ccccc2F)cc1. The molecule has 0 fully saturated rings. The van der Waals surface area contributed by atoms with Crippen molar-refractivity contribution in [1.29, 1.82) is 0 Å². The van der Waals surface area contributed by atoms with E-state index < -0.39 is 6.10 Å². The molecule has 0 aliphatic carbocycles. The van der Waals surface area contributed by atoms with E-state index in [0.29, 0.717) is 23.0 Å². The molecule has 1 atom stereocenters. The number of hydrogen-bond donors (Lipinski definition) is 1. The van der Waals surface area contributed by atoms with Crippen molar-refractivity contribution in [1.82, 2.24) is 0 Å². The van der Waals surface area contributed by atoms with Crippen molar-refractivity contribution < 1.29 is 9.50 Å². The third kappa shape index (κ3) is 4.87. The Morgan fingerprint density at radius 3 is 2.33 bits per heavy atom. The number of rotatable bonds is 6. The maximum absolute atomic E-state index is 13.5. The molecule has 1 unspecified atom stereocenters. The molecule has 112 valence electrons. The van der Waals surface area contributed by atoms with Gasteiger partial charge in [0.25, 0.3) is 0 Å². The molecule has 0 aliphatic rings. The van der Waals surface area contributed by atoms with E-state index in [9.17, 15) is 9.50 Å². The fraction of sp³-hybridized carbons (Fsp3) is 0.333. The number of benzene rings is 2. The molecule has 0 saturated heterocycles. The Labute approximate surface area is 130 Å². The van der Waals surface area contributed by atoms with Crippen LogP contribution in [0.5, 0.6) is 0 Å². The van der Waals surface area contributed by atoms with Crippen LogP contribution in [0.15, 0.2) is 53.4 Å². The monoisotopic (exact) mass is 304 g/mol. The van der Waals surface area contributed by atoms with Crippen LogP contribution in [-0.2, 0) is 6.42 Å². The summed E-state index contributed by atoms with van der Waals surface area (Å²) in [6.07, 6.45) is 0.124. The van der Waals surface area contributed by atoms with Gasteiger partial charge >= 0.3 is 0 Å². The summed E-state index contributed by atoms with van der Waals surface area (Å²) in [5.74, 6) is 0.781. The van der Waals surface area contributed by atoms with Gasteiger partial charge in [-0.1, -0.05) is 50.2 Å². The van der Waals surface area contributed by atoms with Crippen molar-refractivity contribution in [2.45, 2.75) is 37.2 Å². The van der Waals surface area contributed by atoms with E-state index in [2.05, 4.69) is 38.1 Å². The summed E-state index contributed by atoms with van der Waals surface area (Å²) in [5.41, 5.74) is 2.41. The van der Waals surface area contributed by atoms with Gasteiger partial charge in [0, 0.05) is 10.6 Å². The third-order valence-electron chi connectivity index (χ3n) is 3.39. The number of halogens is 1. The molecule has 0 saturated carbocycles. The first-order chi connectivity index (χ1) is 10.1. The standard InChI is InChI=1S/C18H21FOS/c1-13(2)15-9-7-14(8-10-15)11-16(20)12-21-18-6-4-3-5-17(18)19/h3-10,13,16,20H,11-12H2,1-2H3. The van der Waals surface area contributed by atoms with Gasteiger partial charge < -0.3 is 5.11 Å². The van der Waals surface area contributed by atoms with Gasteiger partial charge in [-0.15, -0.1) is 11.8 Å². The van der Waals surface area contributed by atoms with Crippen LogP contribution >= 0.6 is 11.8 Å². The second-order valence-electron chi connectivity index (χ2n) is 5.50. The summed E-state index contributed by atoms with van der Waals surface area (Å²) in [6, 6.07) is 15.0. The van der Waals surface area contributed by atoms with Gasteiger partial charge in [-0.3, -0.25) is 0 Å². The van der Waals surface area contributed by atoms with Crippen molar-refractivity contribution >= 4 is 11.8 Å². The molecular weight excluding hydrogens is 283 g/mol. The Kier molecular flexibility index (Phi) is 5.83. The van der Waals surface area contributed by atoms with Gasteiger partial charge in [0.05, 0.1) is 6.10 Å². The Balaban J connectivity index is 1.87. The topological polar surface area (TPSA) is 20.2 Å². The summed E-state index contributed by atoms with van der Waals surface area (Å²) in [5, 5.41) is 10.1. The van der Waals surface area contributed by atoms with E-state index >= 15 is 0 Å². The summed E-state index contributed by atoms with van der Waals surface area (Å²) >= 11 is 1.36. The molecule has 0 aromatic heterocycles. The number of aliphatic hydroxyl groups excluding tert-OH is 1. The van der Waals surface area contributed by atoms with Gasteiger partial charge in [0.2, 0.25) is 0 Å². The first-order valence-electron chi connectivity index (χ1n) is 7.20. The average molecular weight is 304 g/mol. The van der Waals surface area contributed by atoms with Crippen LogP contribution in [0.4, 0.5) is 4.39 Å². The number of thioether (sulfide) groups is 1. The van der Waals surface area contributed by atoms with E-state index in [4.69, 9.17) is 0 Å². The fourth-order valence-electron chi connectivity index (χ4n) is 2.12. The molecule has 0 spiro atoms. The van der Waals surface area contributed by atoms with E-state index in [0.717, 1.165) is 5.56 Å². The summed E-state index contributed by atoms with van der Waals surface area (Å²) in [6.45, 7) is 4.32. The second-order valence-corrected chi connectivity index (χ2v) is 6.56. The predicted octanol–water partition coefficient (Wildman–Crippen LogP) is 4.64. The Morgan fingerprint density at radius 1 is 1.05 bits per heavy atom. The summed E-state index contributed by atoms with van der Waals surface area (Å²) in [4.78, 5) is 0.590. The first-order valence-corrected chi connectivity index (χ1v) is 8.19. The second kappa shape index (κ2) is 7.62. The van der Waals surface area contributed by atoms with Crippen LogP contribution in [0, 0.1) is 5.82 Å². The maximum Gasteiger partial charge on any atom is 0.136 e. The summed E-state index contributed by atoms with van der Waals surface area (Å²) < 4.78 is 13.5. The zero-order valence-electron chi connectivity index (χ0n) is 12.4. The summed E-state index contributed by atoms with van der Waals surface area (Å²) in [7, 11) is 0. The lowest BCUT2D eigenvalue weighted by Gasteiger charge is -2.12. The smallest absolute Gasteiger partial charge is 0.136 e. The molecule has 0 bridgehead atoms. The molecule has 0 heterocycles. The fourth-order valence-corrected chi connectivity index (χ4v) is 2.99. The molecule has 0 aliphatic heterocycles. The third-order valence-corrected chi connectivity index (χ3v) is 4.58. The number of aliphatic hydroxyl groups is 1. The molecule has 0 amide bonds. The van der Waals surface area contributed by atoms with Crippen molar-refractivity contribution in [3.05, 3.63) is 65.5 Å². The van der Waals surface area contributed by atoms with Gasteiger partial charge in [-0.05, 0) is 35.6 Å². The van der Waals surface area contributed by atoms with E-state index in [1.165, 1.54) is 23.4 Å². The van der Waals surface area contributed by atoms with Gasteiger partial charge in [-0.25, -0.2) is 4.39 Å². The molecular formula is C18H21FOS. The minimum absolute atomic E-state index is 0.226. The zero-order valence-corrected chi connectivity index (χ0v) is 13.2. The van der Waals surface area contributed by atoms with E-state index in [-0.39, 0.29) is 5.82 Å². The average Bonchev–Trinajstić information content (AvgIpc) is 2.47. The van der Waals surface area contributed by atoms with Gasteiger partial charge in [0.15, 0.2) is 0 Å². The molecule has 21 heavy (non-hydrogen) atoms. The maximum atomic E-state index is 13.5. The van der Waals surface area contributed by atoms with Crippen LogP contribution < -0.4 is 0 Å². The minimum atomic E-state index is -0.473. The van der Waals surface area contributed by atoms with Crippen molar-refractivity contribution in [3.63, 3.8) is 0 Å². The van der Waals surface area contributed by atoms with E-state index in [1.807, 2.05) is 6.07 Å². The van der Waals surface area contributed by atoms with E-state index in [1.54, 1.807) is 12.1 Å². The number of hydrogen-bond acceptors (Lipinski definition) is 2. The molecule has 1 N–H and O–H groups in total. The lowest BCUT2D eigenvalue weighted by atomic mass is 10.00. The van der Waals surface area contributed by atoms with Crippen LogP contribution in [0.25, 0.3) is 0 Å². The highest BCUT2D eigenvalue weighted by molar-refractivity contribution is 7.99. The molecule has 1 nitrogen and oxygen atoms in total. The highest BCUT2D eigenvalue weighted by atomic mass is 32.2. The van der Waals surface area contributed by atoms with Crippen molar-refractivity contribution in [2.24, 2.45) is 0 Å². The van der Waals surface area contributed by atoms with Crippen LogP contribution in [-0.4, -0.2) is 17.0 Å². The Hall–Kier alpha value is -1.32. The quantitative estimate of drug-likeness (QED) is 0.784. The first kappa shape index (κ1) is 16.1. The van der Waals surface area contributed by atoms with Crippen LogP contribution in [0.2, 0.25) is 0 Å². The van der Waals surface area contributed by atoms with Crippen molar-refractivity contribution in [2.75, 3.05) is 5.75 Å². The molecule has 0 radical (unpaired) electrons. The van der Waals surface area contributed by atoms with Crippen LogP contribution in [0.1, 0.15) is 30.9 Å². The minimum Gasteiger partial charge on any atom is -0.392 e. The Bertz CT molecular complexity index is 566. The molecule has 2 aromatic carbocycles. The zero-order chi connectivity index (χ0) is 15.2.